The summed E-state index contributed by atoms with van der Waals surface area (Å²) in [6.07, 6.45) is 26.4. The van der Waals surface area contributed by atoms with Crippen LogP contribution in [0.4, 0.5) is 0 Å². The summed E-state index contributed by atoms with van der Waals surface area (Å²) < 4.78 is 22.0. The number of hydrogen-bond donors (Lipinski definition) is 4. The van der Waals surface area contributed by atoms with Crippen LogP contribution in [0.25, 0.3) is 0 Å². The van der Waals surface area contributed by atoms with Crippen molar-refractivity contribution in [1.29, 1.82) is 0 Å². The van der Waals surface area contributed by atoms with Gasteiger partial charge in [0.2, 0.25) is 0 Å². The van der Waals surface area contributed by atoms with E-state index in [9.17, 15) is 34.8 Å². The topological polar surface area (TPSA) is 169 Å². The van der Waals surface area contributed by atoms with Gasteiger partial charge in [0, 0.05) is 18.8 Å². The normalized spacial score (nSPS) is 25.1. The van der Waals surface area contributed by atoms with Gasteiger partial charge in [-0.05, 0) is 76.2 Å². The van der Waals surface area contributed by atoms with Gasteiger partial charge in [-0.1, -0.05) is 101 Å². The Morgan fingerprint density at radius 3 is 2.11 bits per heavy atom. The van der Waals surface area contributed by atoms with Gasteiger partial charge in [-0.3, -0.25) is 14.4 Å². The van der Waals surface area contributed by atoms with Crippen LogP contribution in [0.1, 0.15) is 123 Å². The third-order valence-corrected chi connectivity index (χ3v) is 9.66. The van der Waals surface area contributed by atoms with E-state index < -0.39 is 55.4 Å². The lowest BCUT2D eigenvalue weighted by molar-refractivity contribution is -0.305. The molecule has 11 nitrogen and oxygen atoms in total. The smallest absolute Gasteiger partial charge is 0.306 e. The van der Waals surface area contributed by atoms with Crippen molar-refractivity contribution in [2.45, 2.75) is 160 Å². The number of esters is 2. The summed E-state index contributed by atoms with van der Waals surface area (Å²) in [6.45, 7) is 3.01. The van der Waals surface area contributed by atoms with Crippen molar-refractivity contribution in [3.05, 3.63) is 60.8 Å². The first-order valence-electron chi connectivity index (χ1n) is 20.3. The second kappa shape index (κ2) is 29.4. The molecule has 0 saturated carbocycles. The van der Waals surface area contributed by atoms with Crippen LogP contribution in [0.15, 0.2) is 60.8 Å². The first-order chi connectivity index (χ1) is 26.2. The summed E-state index contributed by atoms with van der Waals surface area (Å²) in [6, 6.07) is 0. The zero-order valence-electron chi connectivity index (χ0n) is 32.7. The summed E-state index contributed by atoms with van der Waals surface area (Å²) in [4.78, 5) is 37.5. The maximum atomic E-state index is 12.7. The standard InChI is InChI=1S/C43H68O11/c1-3-5-7-8-9-10-11-12-13-14-15-18-23-27-39(47)53-34(32-52-43-42(50)41(49)40(48)37(30-44)54-43)31-51-38(46)26-22-19-16-17-21-24-33-28-29-36(45)35(33)25-20-6-4-2/h5-7,9-10,12-13,20,28-29,33-35,37,40-44,48-50H,3-4,8,11,14-19,21-27,30-32H2,1-2H3. The first kappa shape index (κ1) is 47.2. The lowest BCUT2D eigenvalue weighted by Gasteiger charge is -2.39. The number of allylic oxidation sites excluding steroid dienone is 10. The summed E-state index contributed by atoms with van der Waals surface area (Å²) in [5.74, 6) is -0.335. The predicted molar refractivity (Wildman–Crippen MR) is 208 cm³/mol. The number of carbonyl (C=O) groups excluding carboxylic acids is 3. The van der Waals surface area contributed by atoms with E-state index in [0.717, 1.165) is 83.5 Å². The van der Waals surface area contributed by atoms with Crippen LogP contribution in [-0.4, -0.2) is 94.8 Å². The largest absolute Gasteiger partial charge is 0.462 e. The number of ether oxygens (including phenoxy) is 4. The predicted octanol–water partition coefficient (Wildman–Crippen LogP) is 6.53. The van der Waals surface area contributed by atoms with E-state index in [2.05, 4.69) is 68.5 Å². The van der Waals surface area contributed by atoms with Crippen molar-refractivity contribution in [3.8, 4) is 0 Å². The van der Waals surface area contributed by atoms with E-state index in [0.29, 0.717) is 18.8 Å². The zero-order valence-corrected chi connectivity index (χ0v) is 32.7. The van der Waals surface area contributed by atoms with Crippen molar-refractivity contribution >= 4 is 17.7 Å². The SMILES string of the molecule is CCC=CCC=CCC=CCCCCCC(=O)OC(COC(=O)CCCCCCCC1C=CC(=O)C1CC=CCC)COC1OC(CO)C(O)C(O)C1O. The van der Waals surface area contributed by atoms with E-state index in [1.54, 1.807) is 6.08 Å². The van der Waals surface area contributed by atoms with Crippen molar-refractivity contribution < 1.29 is 53.8 Å². The number of aliphatic hydroxyl groups is 4. The van der Waals surface area contributed by atoms with E-state index in [-0.39, 0.29) is 37.8 Å². The molecule has 0 aromatic carbocycles. The quantitative estimate of drug-likeness (QED) is 0.0372. The summed E-state index contributed by atoms with van der Waals surface area (Å²) in [5.41, 5.74) is 0. The number of unbranched alkanes of at least 4 members (excludes halogenated alkanes) is 7. The third-order valence-electron chi connectivity index (χ3n) is 9.66. The molecule has 1 aliphatic carbocycles. The van der Waals surface area contributed by atoms with Crippen molar-refractivity contribution in [3.63, 3.8) is 0 Å². The Labute approximate surface area is 323 Å². The molecule has 1 aliphatic heterocycles. The Balaban J connectivity index is 1.73. The van der Waals surface area contributed by atoms with E-state index in [1.807, 2.05) is 0 Å². The first-order valence-corrected chi connectivity index (χ1v) is 20.3. The highest BCUT2D eigenvalue weighted by Crippen LogP contribution is 2.30. The fourth-order valence-electron chi connectivity index (χ4n) is 6.43. The Bertz CT molecular complexity index is 1190. The van der Waals surface area contributed by atoms with Crippen molar-refractivity contribution in [1.82, 2.24) is 0 Å². The van der Waals surface area contributed by atoms with Crippen molar-refractivity contribution in [2.24, 2.45) is 11.8 Å². The van der Waals surface area contributed by atoms with Crippen LogP contribution in [-0.2, 0) is 33.3 Å². The molecule has 2 aliphatic rings. The second-order valence-corrected chi connectivity index (χ2v) is 14.2. The van der Waals surface area contributed by atoms with Crippen molar-refractivity contribution in [2.75, 3.05) is 19.8 Å². The minimum Gasteiger partial charge on any atom is -0.462 e. The molecule has 0 amide bonds. The molecular weight excluding hydrogens is 692 g/mol. The minimum absolute atomic E-state index is 0.0573. The molecule has 4 N–H and O–H groups in total. The molecule has 306 valence electrons. The number of carbonyl (C=O) groups is 3. The lowest BCUT2D eigenvalue weighted by Crippen LogP contribution is -2.59. The van der Waals surface area contributed by atoms with Gasteiger partial charge in [0.1, 0.15) is 31.0 Å². The second-order valence-electron chi connectivity index (χ2n) is 14.2. The Kier molecular flexibility index (Phi) is 25.7. The van der Waals surface area contributed by atoms with Crippen LogP contribution >= 0.6 is 0 Å². The maximum Gasteiger partial charge on any atom is 0.306 e. The molecule has 8 atom stereocenters. The summed E-state index contributed by atoms with van der Waals surface area (Å²) in [7, 11) is 0. The van der Waals surface area contributed by atoms with Crippen LogP contribution in [0.2, 0.25) is 0 Å². The monoisotopic (exact) mass is 760 g/mol. The minimum atomic E-state index is -1.62. The number of hydrogen-bond acceptors (Lipinski definition) is 11. The average Bonchev–Trinajstić information content (AvgIpc) is 3.52. The van der Waals surface area contributed by atoms with Gasteiger partial charge in [-0.2, -0.15) is 0 Å². The van der Waals surface area contributed by atoms with E-state index in [4.69, 9.17) is 18.9 Å². The molecule has 11 heteroatoms. The molecule has 8 unspecified atom stereocenters. The van der Waals surface area contributed by atoms with Gasteiger partial charge in [-0.25, -0.2) is 0 Å². The molecule has 1 heterocycles. The summed E-state index contributed by atoms with van der Waals surface area (Å²) >= 11 is 0. The fourth-order valence-corrected chi connectivity index (χ4v) is 6.43. The lowest BCUT2D eigenvalue weighted by atomic mass is 9.87. The van der Waals surface area contributed by atoms with Crippen LogP contribution in [0.5, 0.6) is 0 Å². The van der Waals surface area contributed by atoms with Gasteiger partial charge in [0.25, 0.3) is 0 Å². The number of ketones is 1. The Morgan fingerprint density at radius 2 is 1.39 bits per heavy atom. The van der Waals surface area contributed by atoms with Gasteiger partial charge in [0.15, 0.2) is 18.2 Å². The van der Waals surface area contributed by atoms with Gasteiger partial charge < -0.3 is 39.4 Å². The number of rotatable bonds is 29. The van der Waals surface area contributed by atoms with E-state index >= 15 is 0 Å². The molecule has 2 rings (SSSR count). The van der Waals surface area contributed by atoms with Crippen LogP contribution in [0.3, 0.4) is 0 Å². The van der Waals surface area contributed by atoms with Gasteiger partial charge >= 0.3 is 11.9 Å². The molecule has 0 aromatic rings. The fraction of sp³-hybridized carbons (Fsp3) is 0.698. The van der Waals surface area contributed by atoms with Crippen LogP contribution < -0.4 is 0 Å². The third kappa shape index (κ3) is 19.6. The molecule has 0 spiro atoms. The highest BCUT2D eigenvalue weighted by atomic mass is 16.7. The van der Waals surface area contributed by atoms with Crippen LogP contribution in [0, 0.1) is 11.8 Å². The highest BCUT2D eigenvalue weighted by molar-refractivity contribution is 5.94. The Morgan fingerprint density at radius 1 is 0.759 bits per heavy atom. The molecule has 0 aromatic heterocycles. The molecule has 0 bridgehead atoms. The average molecular weight is 761 g/mol. The molecule has 1 saturated heterocycles. The molecule has 0 radical (unpaired) electrons. The molecule has 1 fully saturated rings. The molecule has 54 heavy (non-hydrogen) atoms. The van der Waals surface area contributed by atoms with E-state index in [1.165, 1.54) is 0 Å². The van der Waals surface area contributed by atoms with Gasteiger partial charge in [0.05, 0.1) is 13.2 Å². The zero-order chi connectivity index (χ0) is 39.4. The summed E-state index contributed by atoms with van der Waals surface area (Å²) in [5, 5.41) is 40.0. The number of aliphatic hydroxyl groups excluding tert-OH is 4. The maximum absolute atomic E-state index is 12.7. The highest BCUT2D eigenvalue weighted by Gasteiger charge is 2.44. The van der Waals surface area contributed by atoms with Gasteiger partial charge in [-0.15, -0.1) is 0 Å². The molecular formula is C43H68O11. The Hall–Kier alpha value is -2.93.